The fourth-order valence-electron chi connectivity index (χ4n) is 1.93. The summed E-state index contributed by atoms with van der Waals surface area (Å²) < 4.78 is 5.03. The number of nitrogens with zero attached hydrogens (tertiary/aromatic N) is 1. The van der Waals surface area contributed by atoms with E-state index in [4.69, 9.17) is 4.52 Å². The van der Waals surface area contributed by atoms with Gasteiger partial charge in [0.05, 0.1) is 12.1 Å². The van der Waals surface area contributed by atoms with E-state index < -0.39 is 0 Å². The summed E-state index contributed by atoms with van der Waals surface area (Å²) in [5, 5.41) is 6.87. The summed E-state index contributed by atoms with van der Waals surface area (Å²) in [5.41, 5.74) is 1.73. The third-order valence-electron chi connectivity index (χ3n) is 3.24. The van der Waals surface area contributed by atoms with Crippen molar-refractivity contribution in [1.82, 2.24) is 10.5 Å². The van der Waals surface area contributed by atoms with E-state index in [-0.39, 0.29) is 5.91 Å². The zero-order valence-corrected chi connectivity index (χ0v) is 10.0. The predicted molar refractivity (Wildman–Crippen MR) is 60.0 cm³/mol. The minimum atomic E-state index is 0.0637. The van der Waals surface area contributed by atoms with Crippen LogP contribution in [0.15, 0.2) is 4.52 Å². The topological polar surface area (TPSA) is 55.1 Å². The van der Waals surface area contributed by atoms with Gasteiger partial charge < -0.3 is 9.84 Å². The normalized spacial score (nSPS) is 17.2. The summed E-state index contributed by atoms with van der Waals surface area (Å²) >= 11 is 0. The maximum atomic E-state index is 11.8. The molecule has 1 saturated carbocycles. The van der Waals surface area contributed by atoms with Crippen LogP contribution in [0.1, 0.15) is 36.8 Å². The molecule has 0 saturated heterocycles. The number of amides is 1. The van der Waals surface area contributed by atoms with Gasteiger partial charge in [0.2, 0.25) is 5.91 Å². The molecule has 16 heavy (non-hydrogen) atoms. The number of hydrogen-bond donors (Lipinski definition) is 1. The zero-order chi connectivity index (χ0) is 11.7. The van der Waals surface area contributed by atoms with Gasteiger partial charge in [-0.3, -0.25) is 4.79 Å². The summed E-state index contributed by atoms with van der Waals surface area (Å²) in [6.07, 6.45) is 2.86. The van der Waals surface area contributed by atoms with Gasteiger partial charge in [-0.15, -0.1) is 0 Å². The molecule has 1 amide bonds. The van der Waals surface area contributed by atoms with Crippen LogP contribution in [0.3, 0.4) is 0 Å². The molecule has 1 aliphatic rings. The Morgan fingerprint density at radius 2 is 2.25 bits per heavy atom. The highest BCUT2D eigenvalue weighted by Gasteiger charge is 2.29. The fourth-order valence-corrected chi connectivity index (χ4v) is 1.93. The number of rotatable bonds is 4. The number of carbonyl (C=O) groups excluding carboxylic acids is 1. The van der Waals surface area contributed by atoms with Crippen molar-refractivity contribution in [2.75, 3.05) is 0 Å². The molecule has 0 aromatic carbocycles. The molecule has 0 spiro atoms. The Bertz CT molecular complexity index is 374. The first-order valence-corrected chi connectivity index (χ1v) is 5.79. The number of aryl methyl sites for hydroxylation is 2. The molecule has 1 fully saturated rings. The molecule has 2 rings (SSSR count). The van der Waals surface area contributed by atoms with Crippen LogP contribution < -0.4 is 5.32 Å². The number of carbonyl (C=O) groups is 1. The third kappa shape index (κ3) is 2.43. The number of hydrogen-bond acceptors (Lipinski definition) is 3. The molecule has 1 aromatic rings. The lowest BCUT2D eigenvalue weighted by atomic mass is 10.1. The summed E-state index contributed by atoms with van der Waals surface area (Å²) in [4.78, 5) is 11.8. The second-order valence-corrected chi connectivity index (χ2v) is 4.67. The third-order valence-corrected chi connectivity index (χ3v) is 3.24. The van der Waals surface area contributed by atoms with E-state index in [2.05, 4.69) is 17.4 Å². The molecule has 1 heterocycles. The second-order valence-electron chi connectivity index (χ2n) is 4.67. The van der Waals surface area contributed by atoms with E-state index in [9.17, 15) is 4.79 Å². The first-order chi connectivity index (χ1) is 7.58. The molecule has 0 aliphatic heterocycles. The molecule has 1 aromatic heterocycles. The second kappa shape index (κ2) is 4.28. The van der Waals surface area contributed by atoms with Crippen LogP contribution in [0.25, 0.3) is 0 Å². The van der Waals surface area contributed by atoms with Crippen LogP contribution in [0.5, 0.6) is 0 Å². The highest BCUT2D eigenvalue weighted by molar-refractivity contribution is 5.79. The standard InChI is InChI=1S/C12H18N2O2/c1-7(10-4-5-10)13-12(15)6-11-8(2)14-16-9(11)3/h7,10H,4-6H2,1-3H3,(H,13,15). The van der Waals surface area contributed by atoms with Gasteiger partial charge in [0, 0.05) is 11.6 Å². The zero-order valence-electron chi connectivity index (χ0n) is 10.0. The monoisotopic (exact) mass is 222 g/mol. The van der Waals surface area contributed by atoms with Crippen LogP contribution >= 0.6 is 0 Å². The van der Waals surface area contributed by atoms with Gasteiger partial charge >= 0.3 is 0 Å². The Morgan fingerprint density at radius 3 is 2.75 bits per heavy atom. The van der Waals surface area contributed by atoms with Crippen molar-refractivity contribution in [3.63, 3.8) is 0 Å². The molecule has 1 aliphatic carbocycles. The van der Waals surface area contributed by atoms with Gasteiger partial charge in [-0.1, -0.05) is 5.16 Å². The van der Waals surface area contributed by atoms with Gasteiger partial charge in [-0.25, -0.2) is 0 Å². The quantitative estimate of drug-likeness (QED) is 0.844. The molecule has 4 nitrogen and oxygen atoms in total. The van der Waals surface area contributed by atoms with E-state index in [0.717, 1.165) is 17.0 Å². The minimum Gasteiger partial charge on any atom is -0.361 e. The Hall–Kier alpha value is -1.32. The minimum absolute atomic E-state index is 0.0637. The van der Waals surface area contributed by atoms with Crippen LogP contribution in [-0.2, 0) is 11.2 Å². The lowest BCUT2D eigenvalue weighted by Gasteiger charge is -2.12. The lowest BCUT2D eigenvalue weighted by molar-refractivity contribution is -0.121. The molecule has 4 heteroatoms. The Labute approximate surface area is 95.4 Å². The Kier molecular flexibility index (Phi) is 2.99. The Balaban J connectivity index is 1.91. The molecule has 88 valence electrons. The van der Waals surface area contributed by atoms with Crippen molar-refractivity contribution >= 4 is 5.91 Å². The van der Waals surface area contributed by atoms with Crippen molar-refractivity contribution in [3.8, 4) is 0 Å². The van der Waals surface area contributed by atoms with Gasteiger partial charge in [-0.05, 0) is 39.5 Å². The van der Waals surface area contributed by atoms with E-state index in [0.29, 0.717) is 18.4 Å². The van der Waals surface area contributed by atoms with E-state index >= 15 is 0 Å². The SMILES string of the molecule is Cc1noc(C)c1CC(=O)NC(C)C1CC1. The van der Waals surface area contributed by atoms with Crippen LogP contribution in [0.4, 0.5) is 0 Å². The van der Waals surface area contributed by atoms with Gasteiger partial charge in [0.15, 0.2) is 0 Å². The number of aromatic nitrogens is 1. The summed E-state index contributed by atoms with van der Waals surface area (Å²) in [7, 11) is 0. The lowest BCUT2D eigenvalue weighted by Crippen LogP contribution is -2.35. The molecule has 1 atom stereocenters. The van der Waals surface area contributed by atoms with Crippen LogP contribution in [0, 0.1) is 19.8 Å². The van der Waals surface area contributed by atoms with Crippen LogP contribution in [0.2, 0.25) is 0 Å². The molecule has 1 N–H and O–H groups in total. The summed E-state index contributed by atoms with van der Waals surface area (Å²) in [6.45, 7) is 5.78. The summed E-state index contributed by atoms with van der Waals surface area (Å²) in [6, 6.07) is 0.299. The molecule has 0 bridgehead atoms. The van der Waals surface area contributed by atoms with Crippen molar-refractivity contribution in [3.05, 3.63) is 17.0 Å². The maximum absolute atomic E-state index is 11.8. The van der Waals surface area contributed by atoms with E-state index in [1.54, 1.807) is 0 Å². The highest BCUT2D eigenvalue weighted by atomic mass is 16.5. The molecule has 1 unspecified atom stereocenters. The van der Waals surface area contributed by atoms with Crippen molar-refractivity contribution in [1.29, 1.82) is 0 Å². The molecular weight excluding hydrogens is 204 g/mol. The molecular formula is C12H18N2O2. The molecule has 0 radical (unpaired) electrons. The Morgan fingerprint density at radius 1 is 1.56 bits per heavy atom. The van der Waals surface area contributed by atoms with E-state index in [1.165, 1.54) is 12.8 Å². The van der Waals surface area contributed by atoms with E-state index in [1.807, 2.05) is 13.8 Å². The summed E-state index contributed by atoms with van der Waals surface area (Å²) in [5.74, 6) is 1.49. The van der Waals surface area contributed by atoms with Gasteiger partial charge in [0.25, 0.3) is 0 Å². The first kappa shape index (κ1) is 11.2. The van der Waals surface area contributed by atoms with Gasteiger partial charge in [0.1, 0.15) is 5.76 Å². The average Bonchev–Trinajstić information content (AvgIpc) is 3.01. The average molecular weight is 222 g/mol. The highest BCUT2D eigenvalue weighted by Crippen LogP contribution is 2.32. The van der Waals surface area contributed by atoms with Crippen molar-refractivity contribution in [2.45, 2.75) is 46.1 Å². The predicted octanol–water partition coefficient (Wildman–Crippen LogP) is 1.75. The van der Waals surface area contributed by atoms with Gasteiger partial charge in [-0.2, -0.15) is 0 Å². The van der Waals surface area contributed by atoms with Crippen molar-refractivity contribution < 1.29 is 9.32 Å². The maximum Gasteiger partial charge on any atom is 0.224 e. The fraction of sp³-hybridized carbons (Fsp3) is 0.667. The van der Waals surface area contributed by atoms with Crippen molar-refractivity contribution in [2.24, 2.45) is 5.92 Å². The largest absolute Gasteiger partial charge is 0.361 e. The van der Waals surface area contributed by atoms with Crippen LogP contribution in [-0.4, -0.2) is 17.1 Å². The first-order valence-electron chi connectivity index (χ1n) is 5.79. The smallest absolute Gasteiger partial charge is 0.224 e. The number of nitrogens with one attached hydrogen (secondary N) is 1.